The van der Waals surface area contributed by atoms with Crippen LogP contribution in [0.2, 0.25) is 0 Å². The van der Waals surface area contributed by atoms with Crippen molar-refractivity contribution in [2.45, 2.75) is 23.6 Å². The highest BCUT2D eigenvalue weighted by atomic mass is 33.1. The summed E-state index contributed by atoms with van der Waals surface area (Å²) in [6.07, 6.45) is 0. The minimum absolute atomic E-state index is 0.0955. The second-order valence-electron chi connectivity index (χ2n) is 9.27. The molecule has 2 heterocycles. The van der Waals surface area contributed by atoms with Gasteiger partial charge in [0, 0.05) is 24.9 Å². The molecular weight excluding hydrogens is 512 g/mol. The molecule has 38 heavy (non-hydrogen) atoms. The van der Waals surface area contributed by atoms with E-state index in [1.54, 1.807) is 9.36 Å². The Labute approximate surface area is 227 Å². The van der Waals surface area contributed by atoms with Gasteiger partial charge in [-0.3, -0.25) is 19.0 Å². The third kappa shape index (κ3) is 3.75. The van der Waals surface area contributed by atoms with Crippen molar-refractivity contribution in [3.8, 4) is 11.4 Å². The maximum atomic E-state index is 13.7. The van der Waals surface area contributed by atoms with Crippen LogP contribution in [0.1, 0.15) is 11.4 Å². The fraction of sp³-hybridized carbons (Fsp3) is 0.133. The molecule has 0 aliphatic heterocycles. The van der Waals surface area contributed by atoms with Crippen molar-refractivity contribution in [1.29, 1.82) is 0 Å². The summed E-state index contributed by atoms with van der Waals surface area (Å²) in [4.78, 5) is 28.6. The number of hydrogen-bond acceptors (Lipinski definition) is 4. The zero-order valence-corrected chi connectivity index (χ0v) is 23.1. The molecule has 0 aliphatic rings. The van der Waals surface area contributed by atoms with E-state index >= 15 is 0 Å². The predicted octanol–water partition coefficient (Wildman–Crippen LogP) is 6.39. The Bertz CT molecular complexity index is 1820. The summed E-state index contributed by atoms with van der Waals surface area (Å²) in [5.74, 6) is 0. The van der Waals surface area contributed by atoms with Crippen molar-refractivity contribution in [2.24, 2.45) is 14.1 Å². The maximum Gasteiger partial charge on any atom is 0.286 e. The number of nitrogens with zero attached hydrogens (tertiary/aromatic N) is 4. The van der Waals surface area contributed by atoms with Crippen LogP contribution in [-0.4, -0.2) is 18.7 Å². The third-order valence-electron chi connectivity index (χ3n) is 7.20. The topological polar surface area (TPSA) is 53.9 Å². The van der Waals surface area contributed by atoms with Crippen molar-refractivity contribution >= 4 is 43.1 Å². The quantitative estimate of drug-likeness (QED) is 0.239. The van der Waals surface area contributed by atoms with Crippen LogP contribution in [-0.2, 0) is 14.1 Å². The monoisotopic (exact) mass is 538 g/mol. The van der Waals surface area contributed by atoms with Gasteiger partial charge in [-0.05, 0) is 58.3 Å². The Balaban J connectivity index is 1.41. The minimum Gasteiger partial charge on any atom is -0.284 e. The van der Waals surface area contributed by atoms with Gasteiger partial charge in [-0.15, -0.1) is 0 Å². The molecule has 0 fully saturated rings. The van der Waals surface area contributed by atoms with E-state index in [0.29, 0.717) is 9.79 Å². The fourth-order valence-electron chi connectivity index (χ4n) is 4.97. The largest absolute Gasteiger partial charge is 0.286 e. The SMILES string of the molecule is Cc1c(SSc2c(C)n(C)n(-c3cccc4ccccc34)c2=O)c(=O)n(-c2cccc3ccccc23)n1C. The zero-order chi connectivity index (χ0) is 26.6. The number of fused-ring (bicyclic) bond motifs is 2. The number of benzene rings is 4. The summed E-state index contributed by atoms with van der Waals surface area (Å²) < 4.78 is 7.21. The molecule has 0 spiro atoms. The molecule has 0 N–H and O–H groups in total. The molecule has 6 rings (SSSR count). The van der Waals surface area contributed by atoms with Gasteiger partial charge in [0.05, 0.1) is 22.8 Å². The van der Waals surface area contributed by atoms with Crippen LogP contribution in [0.4, 0.5) is 0 Å². The van der Waals surface area contributed by atoms with Gasteiger partial charge in [-0.25, -0.2) is 9.36 Å². The van der Waals surface area contributed by atoms with Gasteiger partial charge in [0.1, 0.15) is 9.79 Å². The van der Waals surface area contributed by atoms with Crippen molar-refractivity contribution in [2.75, 3.05) is 0 Å². The highest BCUT2D eigenvalue weighted by Crippen LogP contribution is 2.38. The predicted molar refractivity (Wildman–Crippen MR) is 158 cm³/mol. The van der Waals surface area contributed by atoms with Gasteiger partial charge < -0.3 is 0 Å². The molecule has 6 aromatic rings. The summed E-state index contributed by atoms with van der Waals surface area (Å²) in [7, 11) is 6.49. The summed E-state index contributed by atoms with van der Waals surface area (Å²) in [5.41, 5.74) is 3.19. The summed E-state index contributed by atoms with van der Waals surface area (Å²) in [6.45, 7) is 3.89. The number of aromatic nitrogens is 4. The lowest BCUT2D eigenvalue weighted by atomic mass is 10.1. The lowest BCUT2D eigenvalue weighted by Crippen LogP contribution is -2.20. The van der Waals surface area contributed by atoms with Crippen LogP contribution in [0.5, 0.6) is 0 Å². The van der Waals surface area contributed by atoms with Crippen LogP contribution in [0, 0.1) is 13.8 Å². The van der Waals surface area contributed by atoms with Crippen molar-refractivity contribution < 1.29 is 0 Å². The Hall–Kier alpha value is -3.88. The number of hydrogen-bond donors (Lipinski definition) is 0. The van der Waals surface area contributed by atoms with Gasteiger partial charge in [0.25, 0.3) is 11.1 Å². The Morgan fingerprint density at radius 1 is 0.526 bits per heavy atom. The minimum atomic E-state index is -0.0955. The van der Waals surface area contributed by atoms with E-state index in [-0.39, 0.29) is 11.1 Å². The van der Waals surface area contributed by atoms with Crippen LogP contribution < -0.4 is 11.1 Å². The van der Waals surface area contributed by atoms with Crippen LogP contribution >= 0.6 is 21.6 Å². The van der Waals surface area contributed by atoms with Crippen molar-refractivity contribution in [3.05, 3.63) is 117 Å². The lowest BCUT2D eigenvalue weighted by molar-refractivity contribution is 0.632. The molecule has 0 radical (unpaired) electrons. The van der Waals surface area contributed by atoms with Gasteiger partial charge in [0.15, 0.2) is 0 Å². The molecule has 2 aromatic heterocycles. The smallest absolute Gasteiger partial charge is 0.284 e. The van der Waals surface area contributed by atoms with Gasteiger partial charge in [-0.1, -0.05) is 72.8 Å². The molecule has 8 heteroatoms. The third-order valence-corrected chi connectivity index (χ3v) is 9.81. The average Bonchev–Trinajstić information content (AvgIpc) is 3.28. The van der Waals surface area contributed by atoms with Gasteiger partial charge >= 0.3 is 0 Å². The van der Waals surface area contributed by atoms with E-state index in [2.05, 4.69) is 0 Å². The molecule has 0 atom stereocenters. The summed E-state index contributed by atoms with van der Waals surface area (Å²) in [5, 5.41) is 4.18. The lowest BCUT2D eigenvalue weighted by Gasteiger charge is -2.11. The molecule has 0 unspecified atom stereocenters. The van der Waals surface area contributed by atoms with Crippen LogP contribution in [0.25, 0.3) is 32.9 Å². The fourth-order valence-corrected chi connectivity index (χ4v) is 7.61. The molecule has 0 saturated heterocycles. The molecule has 190 valence electrons. The summed E-state index contributed by atoms with van der Waals surface area (Å²) in [6, 6.07) is 28.1. The molecule has 4 aromatic carbocycles. The van der Waals surface area contributed by atoms with E-state index < -0.39 is 0 Å². The normalized spacial score (nSPS) is 11.6. The van der Waals surface area contributed by atoms with Gasteiger partial charge in [0.2, 0.25) is 0 Å². The average molecular weight is 539 g/mol. The van der Waals surface area contributed by atoms with E-state index in [4.69, 9.17) is 0 Å². The molecule has 0 saturated carbocycles. The van der Waals surface area contributed by atoms with E-state index in [1.165, 1.54) is 21.6 Å². The highest BCUT2D eigenvalue weighted by Gasteiger charge is 2.22. The molecule has 0 amide bonds. The first-order valence-electron chi connectivity index (χ1n) is 12.3. The van der Waals surface area contributed by atoms with Crippen molar-refractivity contribution in [1.82, 2.24) is 18.7 Å². The first-order chi connectivity index (χ1) is 18.4. The Morgan fingerprint density at radius 3 is 1.32 bits per heavy atom. The Kier molecular flexibility index (Phi) is 6.08. The van der Waals surface area contributed by atoms with Crippen molar-refractivity contribution in [3.63, 3.8) is 0 Å². The zero-order valence-electron chi connectivity index (χ0n) is 21.5. The summed E-state index contributed by atoms with van der Waals surface area (Å²) >= 11 is 0. The molecule has 6 nitrogen and oxygen atoms in total. The molecular formula is C30H26N4O2S2. The number of rotatable bonds is 5. The second-order valence-corrected chi connectivity index (χ2v) is 11.4. The van der Waals surface area contributed by atoms with E-state index in [1.807, 2.05) is 122 Å². The first kappa shape index (κ1) is 24.5. The van der Waals surface area contributed by atoms with Crippen LogP contribution in [0.3, 0.4) is 0 Å². The standard InChI is InChI=1S/C30H26N4O2S2/c1-19-27(29(35)33(31(19)3)25-17-9-13-21-11-5-7-15-23(21)25)37-38-28-20(2)32(4)34(30(28)36)26-18-10-14-22-12-6-8-16-24(22)26/h5-18H,1-4H3. The van der Waals surface area contributed by atoms with E-state index in [0.717, 1.165) is 44.3 Å². The van der Waals surface area contributed by atoms with Crippen LogP contribution in [0.15, 0.2) is 104 Å². The maximum absolute atomic E-state index is 13.7. The highest BCUT2D eigenvalue weighted by molar-refractivity contribution is 8.76. The second kappa shape index (κ2) is 9.45. The molecule has 0 bridgehead atoms. The first-order valence-corrected chi connectivity index (χ1v) is 14.4. The van der Waals surface area contributed by atoms with Gasteiger partial charge in [-0.2, -0.15) is 0 Å². The molecule has 0 aliphatic carbocycles. The Morgan fingerprint density at radius 2 is 0.895 bits per heavy atom. The van der Waals surface area contributed by atoms with E-state index in [9.17, 15) is 9.59 Å².